The average molecular weight is 364 g/mol. The number of H-pyrrole nitrogens is 1. The number of thiophene rings is 1. The molecule has 6 nitrogen and oxygen atoms in total. The highest BCUT2D eigenvalue weighted by Crippen LogP contribution is 2.27. The van der Waals surface area contributed by atoms with E-state index in [0.717, 1.165) is 21.5 Å². The van der Waals surface area contributed by atoms with Crippen molar-refractivity contribution in [2.24, 2.45) is 0 Å². The predicted octanol–water partition coefficient (Wildman–Crippen LogP) is 3.08. The number of aromatic nitrogens is 3. The van der Waals surface area contributed by atoms with Gasteiger partial charge in [-0.1, -0.05) is 12.1 Å². The maximum absolute atomic E-state index is 12.5. The second kappa shape index (κ2) is 6.34. The van der Waals surface area contributed by atoms with Gasteiger partial charge in [0, 0.05) is 11.1 Å². The van der Waals surface area contributed by atoms with Crippen molar-refractivity contribution in [3.05, 3.63) is 68.7 Å². The van der Waals surface area contributed by atoms with Crippen molar-refractivity contribution in [3.63, 3.8) is 0 Å². The summed E-state index contributed by atoms with van der Waals surface area (Å²) in [4.78, 5) is 37.6. The minimum atomic E-state index is -0.211. The highest BCUT2D eigenvalue weighted by atomic mass is 32.1. The van der Waals surface area contributed by atoms with Gasteiger partial charge < -0.3 is 10.3 Å². The first kappa shape index (κ1) is 16.4. The summed E-state index contributed by atoms with van der Waals surface area (Å²) in [6, 6.07) is 11.0. The third-order valence-corrected chi connectivity index (χ3v) is 5.17. The van der Waals surface area contributed by atoms with Crippen LogP contribution in [-0.4, -0.2) is 20.9 Å². The van der Waals surface area contributed by atoms with Crippen LogP contribution in [0.4, 0.5) is 0 Å². The van der Waals surface area contributed by atoms with E-state index in [4.69, 9.17) is 0 Å². The van der Waals surface area contributed by atoms with E-state index in [0.29, 0.717) is 21.6 Å². The molecular weight excluding hydrogens is 348 g/mol. The molecule has 3 heterocycles. The number of hydrogen-bond donors (Lipinski definition) is 2. The molecule has 7 heteroatoms. The smallest absolute Gasteiger partial charge is 0.261 e. The Balaban J connectivity index is 1.57. The zero-order valence-electron chi connectivity index (χ0n) is 14.3. The van der Waals surface area contributed by atoms with Gasteiger partial charge in [0.2, 0.25) is 0 Å². The van der Waals surface area contributed by atoms with Crippen molar-refractivity contribution in [1.29, 1.82) is 0 Å². The highest BCUT2D eigenvalue weighted by molar-refractivity contribution is 7.20. The van der Waals surface area contributed by atoms with Crippen LogP contribution in [0.15, 0.2) is 41.2 Å². The van der Waals surface area contributed by atoms with Crippen LogP contribution in [0, 0.1) is 13.8 Å². The lowest BCUT2D eigenvalue weighted by Gasteiger charge is -2.04. The Morgan fingerprint density at radius 1 is 1.15 bits per heavy atom. The number of hydrogen-bond acceptors (Lipinski definition) is 5. The molecule has 0 aliphatic rings. The third kappa shape index (κ3) is 2.97. The van der Waals surface area contributed by atoms with Crippen molar-refractivity contribution in [1.82, 2.24) is 20.3 Å². The minimum Gasteiger partial charge on any atom is -0.344 e. The Kier molecular flexibility index (Phi) is 4.00. The summed E-state index contributed by atoms with van der Waals surface area (Å²) < 4.78 is 0. The molecule has 4 aromatic rings. The number of aryl methyl sites for hydroxylation is 2. The molecule has 0 atom stereocenters. The number of nitrogens with zero attached hydrogens (tertiary/aromatic N) is 2. The molecule has 0 saturated heterocycles. The Bertz CT molecular complexity index is 1210. The zero-order chi connectivity index (χ0) is 18.3. The number of carbonyl (C=O) groups excluding carboxylic acids is 1. The maximum Gasteiger partial charge on any atom is 0.261 e. The Morgan fingerprint density at radius 2 is 1.96 bits per heavy atom. The van der Waals surface area contributed by atoms with Crippen LogP contribution in [-0.2, 0) is 6.54 Å². The normalized spacial score (nSPS) is 11.2. The van der Waals surface area contributed by atoms with E-state index in [2.05, 4.69) is 20.3 Å². The monoisotopic (exact) mass is 364 g/mol. The number of rotatable bonds is 3. The molecule has 3 aromatic heterocycles. The molecule has 130 valence electrons. The van der Waals surface area contributed by atoms with Crippen LogP contribution >= 0.6 is 11.3 Å². The number of nitrogens with one attached hydrogen (secondary N) is 2. The summed E-state index contributed by atoms with van der Waals surface area (Å²) >= 11 is 1.36. The average Bonchev–Trinajstić information content (AvgIpc) is 3.04. The molecule has 0 aliphatic carbocycles. The lowest BCUT2D eigenvalue weighted by Crippen LogP contribution is -2.25. The molecule has 26 heavy (non-hydrogen) atoms. The SMILES string of the molecule is Cc1cc(C)c2cc(C(=O)NCc3nc4ccccc4c(=O)[nH]3)sc2n1. The van der Waals surface area contributed by atoms with Crippen LogP contribution in [0.25, 0.3) is 21.1 Å². The molecule has 0 bridgehead atoms. The quantitative estimate of drug-likeness (QED) is 0.585. The fourth-order valence-electron chi connectivity index (χ4n) is 2.91. The van der Waals surface area contributed by atoms with E-state index in [1.54, 1.807) is 18.2 Å². The van der Waals surface area contributed by atoms with Crippen molar-refractivity contribution in [3.8, 4) is 0 Å². The number of benzene rings is 1. The van der Waals surface area contributed by atoms with Gasteiger partial charge in [-0.25, -0.2) is 9.97 Å². The van der Waals surface area contributed by atoms with Crippen molar-refractivity contribution < 1.29 is 4.79 Å². The lowest BCUT2D eigenvalue weighted by molar-refractivity contribution is 0.0954. The molecule has 2 N–H and O–H groups in total. The molecule has 1 aromatic carbocycles. The fourth-order valence-corrected chi connectivity index (χ4v) is 3.98. The fraction of sp³-hybridized carbons (Fsp3) is 0.158. The zero-order valence-corrected chi connectivity index (χ0v) is 15.1. The van der Waals surface area contributed by atoms with Crippen molar-refractivity contribution in [2.45, 2.75) is 20.4 Å². The lowest BCUT2D eigenvalue weighted by atomic mass is 10.2. The standard InChI is InChI=1S/C19H16N4O2S/c1-10-7-11(2)21-19-13(10)8-15(26-19)18(25)20-9-16-22-14-6-4-3-5-12(14)17(24)23-16/h3-8H,9H2,1-2H3,(H,20,25)(H,22,23,24). The van der Waals surface area contributed by atoms with Gasteiger partial charge in [-0.05, 0) is 43.7 Å². The van der Waals surface area contributed by atoms with Crippen LogP contribution in [0.5, 0.6) is 0 Å². The van der Waals surface area contributed by atoms with Crippen LogP contribution in [0.3, 0.4) is 0 Å². The van der Waals surface area contributed by atoms with Crippen molar-refractivity contribution >= 4 is 38.4 Å². The number of para-hydroxylation sites is 1. The van der Waals surface area contributed by atoms with Crippen molar-refractivity contribution in [2.75, 3.05) is 0 Å². The first-order valence-electron chi connectivity index (χ1n) is 8.15. The molecule has 0 saturated carbocycles. The number of aromatic amines is 1. The van der Waals surface area contributed by atoms with Gasteiger partial charge in [-0.15, -0.1) is 11.3 Å². The van der Waals surface area contributed by atoms with Gasteiger partial charge >= 0.3 is 0 Å². The van der Waals surface area contributed by atoms with Gasteiger partial charge in [0.05, 0.1) is 22.3 Å². The number of fused-ring (bicyclic) bond motifs is 2. The molecule has 0 fully saturated rings. The first-order valence-corrected chi connectivity index (χ1v) is 8.97. The molecule has 0 spiro atoms. The predicted molar refractivity (Wildman–Crippen MR) is 103 cm³/mol. The van der Waals surface area contributed by atoms with E-state index < -0.39 is 0 Å². The summed E-state index contributed by atoms with van der Waals surface area (Å²) in [5.74, 6) is 0.217. The molecule has 1 amide bonds. The van der Waals surface area contributed by atoms with E-state index in [1.807, 2.05) is 32.0 Å². The topological polar surface area (TPSA) is 87.7 Å². The molecular formula is C19H16N4O2S. The minimum absolute atomic E-state index is 0.151. The van der Waals surface area contributed by atoms with Gasteiger partial charge in [0.15, 0.2) is 0 Å². The van der Waals surface area contributed by atoms with E-state index in [9.17, 15) is 9.59 Å². The largest absolute Gasteiger partial charge is 0.344 e. The maximum atomic E-state index is 12.5. The van der Waals surface area contributed by atoms with Crippen LogP contribution in [0.1, 0.15) is 26.8 Å². The number of pyridine rings is 1. The Hall–Kier alpha value is -3.06. The van der Waals surface area contributed by atoms with E-state index in [-0.39, 0.29) is 18.0 Å². The Morgan fingerprint density at radius 3 is 2.81 bits per heavy atom. The summed E-state index contributed by atoms with van der Waals surface area (Å²) in [5.41, 5.74) is 2.43. The molecule has 4 rings (SSSR count). The third-order valence-electron chi connectivity index (χ3n) is 4.14. The summed E-state index contributed by atoms with van der Waals surface area (Å²) in [6.45, 7) is 4.10. The summed E-state index contributed by atoms with van der Waals surface area (Å²) in [5, 5.41) is 4.33. The second-order valence-electron chi connectivity index (χ2n) is 6.12. The Labute approximate surface area is 152 Å². The van der Waals surface area contributed by atoms with Gasteiger partial charge in [-0.2, -0.15) is 0 Å². The van der Waals surface area contributed by atoms with Gasteiger partial charge in [-0.3, -0.25) is 9.59 Å². The first-order chi connectivity index (χ1) is 12.5. The number of amides is 1. The number of carbonyl (C=O) groups is 1. The summed E-state index contributed by atoms with van der Waals surface area (Å²) in [7, 11) is 0. The molecule has 0 radical (unpaired) electrons. The second-order valence-corrected chi connectivity index (χ2v) is 7.15. The highest BCUT2D eigenvalue weighted by Gasteiger charge is 2.13. The van der Waals surface area contributed by atoms with Gasteiger partial charge in [0.1, 0.15) is 10.7 Å². The van der Waals surface area contributed by atoms with E-state index in [1.165, 1.54) is 11.3 Å². The van der Waals surface area contributed by atoms with Crippen LogP contribution in [0.2, 0.25) is 0 Å². The summed E-state index contributed by atoms with van der Waals surface area (Å²) in [6.07, 6.45) is 0. The molecule has 0 aliphatic heterocycles. The van der Waals surface area contributed by atoms with E-state index >= 15 is 0 Å². The van der Waals surface area contributed by atoms with Gasteiger partial charge in [0.25, 0.3) is 11.5 Å². The molecule has 0 unspecified atom stereocenters. The van der Waals surface area contributed by atoms with Crippen LogP contribution < -0.4 is 10.9 Å².